The third-order valence-electron chi connectivity index (χ3n) is 5.62. The number of rotatable bonds is 6. The van der Waals surface area contributed by atoms with Gasteiger partial charge in [-0.05, 0) is 24.8 Å². The summed E-state index contributed by atoms with van der Waals surface area (Å²) in [5, 5.41) is 12.8. The van der Waals surface area contributed by atoms with Crippen LogP contribution in [0.15, 0.2) is 30.3 Å². The van der Waals surface area contributed by atoms with Gasteiger partial charge in [-0.3, -0.25) is 14.4 Å². The Morgan fingerprint density at radius 2 is 1.82 bits per heavy atom. The first kappa shape index (κ1) is 21.9. The number of hydrogen-bond acceptors (Lipinski definition) is 3. The number of amides is 2. The van der Waals surface area contributed by atoms with Gasteiger partial charge in [-0.15, -0.1) is 0 Å². The third-order valence-corrected chi connectivity index (χ3v) is 5.62. The normalized spacial score (nSPS) is 19.6. The molecule has 6 nitrogen and oxygen atoms in total. The van der Waals surface area contributed by atoms with Crippen LogP contribution in [0.3, 0.4) is 0 Å². The Morgan fingerprint density at radius 3 is 2.36 bits per heavy atom. The second-order valence-electron chi connectivity index (χ2n) is 8.66. The average molecular weight is 389 g/mol. The molecule has 0 bridgehead atoms. The average Bonchev–Trinajstić information content (AvgIpc) is 2.68. The summed E-state index contributed by atoms with van der Waals surface area (Å²) in [5.74, 6) is -1.39. The number of carboxylic acids is 1. The topological polar surface area (TPSA) is 86.7 Å². The Labute approximate surface area is 167 Å². The van der Waals surface area contributed by atoms with E-state index in [0.717, 1.165) is 6.42 Å². The van der Waals surface area contributed by atoms with Gasteiger partial charge in [-0.1, -0.05) is 58.0 Å². The summed E-state index contributed by atoms with van der Waals surface area (Å²) >= 11 is 0. The zero-order valence-corrected chi connectivity index (χ0v) is 17.3. The van der Waals surface area contributed by atoms with Crippen molar-refractivity contribution in [1.29, 1.82) is 0 Å². The van der Waals surface area contributed by atoms with Crippen LogP contribution < -0.4 is 5.32 Å². The van der Waals surface area contributed by atoms with Crippen LogP contribution in [-0.2, 0) is 19.8 Å². The molecule has 0 saturated carbocycles. The molecule has 0 aliphatic carbocycles. The molecule has 0 radical (unpaired) electrons. The second kappa shape index (κ2) is 8.76. The van der Waals surface area contributed by atoms with Crippen LogP contribution in [0, 0.1) is 11.3 Å². The molecule has 154 valence electrons. The number of piperidine rings is 1. The fraction of sp³-hybridized carbons (Fsp3) is 0.591. The molecular formula is C22H32N2O4. The predicted octanol–water partition coefficient (Wildman–Crippen LogP) is 2.82. The van der Waals surface area contributed by atoms with Gasteiger partial charge in [0.15, 0.2) is 0 Å². The van der Waals surface area contributed by atoms with Crippen LogP contribution in [0.4, 0.5) is 0 Å². The number of carboxylic acid groups (broad SMARTS) is 1. The first-order valence-corrected chi connectivity index (χ1v) is 9.98. The number of likely N-dealkylation sites (tertiary alicyclic amines) is 1. The Balaban J connectivity index is 2.09. The Bertz CT molecular complexity index is 711. The molecular weight excluding hydrogens is 356 g/mol. The van der Waals surface area contributed by atoms with E-state index in [1.165, 1.54) is 0 Å². The van der Waals surface area contributed by atoms with E-state index in [-0.39, 0.29) is 24.3 Å². The lowest BCUT2D eigenvalue weighted by molar-refractivity contribution is -0.144. The minimum absolute atomic E-state index is 0.0331. The Hall–Kier alpha value is -2.37. The second-order valence-corrected chi connectivity index (χ2v) is 8.66. The van der Waals surface area contributed by atoms with E-state index in [0.29, 0.717) is 31.5 Å². The van der Waals surface area contributed by atoms with Crippen molar-refractivity contribution >= 4 is 17.8 Å². The van der Waals surface area contributed by atoms with Gasteiger partial charge >= 0.3 is 5.97 Å². The Morgan fingerprint density at radius 1 is 1.18 bits per heavy atom. The number of benzene rings is 1. The molecule has 1 aromatic rings. The molecule has 2 amide bonds. The van der Waals surface area contributed by atoms with Gasteiger partial charge in [-0.2, -0.15) is 0 Å². The van der Waals surface area contributed by atoms with Gasteiger partial charge in [0.1, 0.15) is 5.41 Å². The summed E-state index contributed by atoms with van der Waals surface area (Å²) in [4.78, 5) is 39.2. The van der Waals surface area contributed by atoms with Crippen LogP contribution in [0.25, 0.3) is 0 Å². The maximum atomic E-state index is 12.8. The molecule has 0 spiro atoms. The van der Waals surface area contributed by atoms with E-state index in [2.05, 4.69) is 5.32 Å². The Kier molecular flexibility index (Phi) is 6.86. The number of nitrogens with one attached hydrogen (secondary N) is 1. The van der Waals surface area contributed by atoms with E-state index in [9.17, 15) is 19.5 Å². The van der Waals surface area contributed by atoms with E-state index in [1.807, 2.05) is 45.9 Å². The van der Waals surface area contributed by atoms with Crippen molar-refractivity contribution in [2.45, 2.75) is 52.4 Å². The van der Waals surface area contributed by atoms with Crippen LogP contribution >= 0.6 is 0 Å². The maximum Gasteiger partial charge on any atom is 0.315 e. The highest BCUT2D eigenvalue weighted by Gasteiger charge is 2.40. The van der Waals surface area contributed by atoms with Crippen molar-refractivity contribution < 1.29 is 19.5 Å². The molecule has 6 heteroatoms. The van der Waals surface area contributed by atoms with Crippen LogP contribution in [0.1, 0.15) is 52.5 Å². The molecule has 2 N–H and O–H groups in total. The first-order valence-electron chi connectivity index (χ1n) is 9.98. The van der Waals surface area contributed by atoms with E-state index in [1.54, 1.807) is 17.0 Å². The fourth-order valence-corrected chi connectivity index (χ4v) is 3.77. The lowest BCUT2D eigenvalue weighted by Gasteiger charge is -2.36. The zero-order chi connectivity index (χ0) is 20.9. The molecule has 1 saturated heterocycles. The molecule has 2 unspecified atom stereocenters. The van der Waals surface area contributed by atoms with E-state index >= 15 is 0 Å². The summed E-state index contributed by atoms with van der Waals surface area (Å²) in [7, 11) is 0. The molecule has 2 rings (SSSR count). The van der Waals surface area contributed by atoms with Gasteiger partial charge in [-0.25, -0.2) is 0 Å². The highest BCUT2D eigenvalue weighted by molar-refractivity contribution is 5.85. The summed E-state index contributed by atoms with van der Waals surface area (Å²) in [5.41, 5.74) is -0.961. The van der Waals surface area contributed by atoms with Crippen LogP contribution in [-0.4, -0.2) is 47.4 Å². The van der Waals surface area contributed by atoms with Crippen molar-refractivity contribution in [3.63, 3.8) is 0 Å². The van der Waals surface area contributed by atoms with Crippen molar-refractivity contribution in [3.05, 3.63) is 35.9 Å². The van der Waals surface area contributed by atoms with Crippen molar-refractivity contribution in [1.82, 2.24) is 10.2 Å². The number of carbonyl (C=O) groups excluding carboxylic acids is 2. The smallest absolute Gasteiger partial charge is 0.315 e. The van der Waals surface area contributed by atoms with Gasteiger partial charge < -0.3 is 15.3 Å². The van der Waals surface area contributed by atoms with E-state index in [4.69, 9.17) is 0 Å². The summed E-state index contributed by atoms with van der Waals surface area (Å²) in [6.45, 7) is 8.53. The highest BCUT2D eigenvalue weighted by atomic mass is 16.4. The quantitative estimate of drug-likeness (QED) is 0.785. The van der Waals surface area contributed by atoms with Gasteiger partial charge in [0, 0.05) is 25.0 Å². The van der Waals surface area contributed by atoms with Crippen LogP contribution in [0.5, 0.6) is 0 Å². The van der Waals surface area contributed by atoms with E-state index < -0.39 is 16.8 Å². The summed E-state index contributed by atoms with van der Waals surface area (Å²) in [6.07, 6.45) is 1.85. The van der Waals surface area contributed by atoms with Crippen molar-refractivity contribution in [3.8, 4) is 0 Å². The minimum Gasteiger partial charge on any atom is -0.481 e. The largest absolute Gasteiger partial charge is 0.481 e. The van der Waals surface area contributed by atoms with Crippen molar-refractivity contribution in [2.24, 2.45) is 11.3 Å². The third kappa shape index (κ3) is 4.72. The molecule has 1 fully saturated rings. The molecule has 28 heavy (non-hydrogen) atoms. The lowest BCUT2D eigenvalue weighted by atomic mass is 9.78. The SMILES string of the molecule is CCC(CNC(=O)C1CCCN(C(=O)C(C)(C)C)C1)(C(=O)O)c1ccccc1. The minimum atomic E-state index is -1.16. The monoisotopic (exact) mass is 388 g/mol. The molecule has 1 aromatic carbocycles. The van der Waals surface area contributed by atoms with Gasteiger partial charge in [0.25, 0.3) is 0 Å². The molecule has 1 heterocycles. The number of carbonyl (C=O) groups is 3. The molecule has 2 atom stereocenters. The lowest BCUT2D eigenvalue weighted by Crippen LogP contribution is -2.51. The maximum absolute atomic E-state index is 12.8. The molecule has 0 aromatic heterocycles. The number of nitrogens with zero attached hydrogens (tertiary/aromatic N) is 1. The summed E-state index contributed by atoms with van der Waals surface area (Å²) < 4.78 is 0. The van der Waals surface area contributed by atoms with Gasteiger partial charge in [0.05, 0.1) is 5.92 Å². The first-order chi connectivity index (χ1) is 13.1. The fourth-order valence-electron chi connectivity index (χ4n) is 3.77. The predicted molar refractivity (Wildman–Crippen MR) is 108 cm³/mol. The number of aliphatic carboxylic acids is 1. The molecule has 1 aliphatic rings. The van der Waals surface area contributed by atoms with Crippen molar-refractivity contribution in [2.75, 3.05) is 19.6 Å². The van der Waals surface area contributed by atoms with Crippen LogP contribution in [0.2, 0.25) is 0 Å². The highest BCUT2D eigenvalue weighted by Crippen LogP contribution is 2.29. The van der Waals surface area contributed by atoms with Gasteiger partial charge in [0.2, 0.25) is 11.8 Å². The zero-order valence-electron chi connectivity index (χ0n) is 17.3. The molecule has 1 aliphatic heterocycles. The summed E-state index contributed by atoms with van der Waals surface area (Å²) in [6, 6.07) is 9.03. The standard InChI is InChI=1S/C22H32N2O4/c1-5-22(20(27)28,17-11-7-6-8-12-17)15-23-18(25)16-10-9-13-24(14-16)19(26)21(2,3)4/h6-8,11-12,16H,5,9-10,13-15H2,1-4H3,(H,23,25)(H,27,28). The number of hydrogen-bond donors (Lipinski definition) is 2.